The van der Waals surface area contributed by atoms with Gasteiger partial charge in [-0.15, -0.1) is 0 Å². The van der Waals surface area contributed by atoms with E-state index in [2.05, 4.69) is 26.8 Å². The first-order valence-corrected chi connectivity index (χ1v) is 11.7. The number of carbonyl (C=O) groups is 1. The Bertz CT molecular complexity index is 741. The second-order valence-electron chi connectivity index (χ2n) is 11.6. The highest BCUT2D eigenvalue weighted by Crippen LogP contribution is 2.67. The lowest BCUT2D eigenvalue weighted by Gasteiger charge is -2.59. The highest BCUT2D eigenvalue weighted by molar-refractivity contribution is 5.75. The van der Waals surface area contributed by atoms with Crippen molar-refractivity contribution in [3.8, 4) is 0 Å². The van der Waals surface area contributed by atoms with Gasteiger partial charge in [0.2, 0.25) is 0 Å². The smallest absolute Gasteiger partial charge is 0.129 e. The first-order chi connectivity index (χ1) is 13.8. The minimum absolute atomic E-state index is 0.0305. The summed E-state index contributed by atoms with van der Waals surface area (Å²) in [5, 5.41) is 10.7. The molecule has 0 saturated heterocycles. The fourth-order valence-corrected chi connectivity index (χ4v) is 7.82. The van der Waals surface area contributed by atoms with Gasteiger partial charge in [-0.2, -0.15) is 0 Å². The third kappa shape index (κ3) is 3.22. The van der Waals surface area contributed by atoms with Crippen LogP contribution in [0.1, 0.15) is 102 Å². The van der Waals surface area contributed by atoms with Crippen LogP contribution in [0.25, 0.3) is 0 Å². The molecule has 158 valence electrons. The second-order valence-corrected chi connectivity index (χ2v) is 11.6. The first-order valence-electron chi connectivity index (χ1n) is 12.7. The largest absolute Gasteiger partial charge is 0.390 e. The molecule has 2 heteroatoms. The Morgan fingerprint density at radius 3 is 2.71 bits per heavy atom. The molecule has 3 fully saturated rings. The van der Waals surface area contributed by atoms with Crippen molar-refractivity contribution in [1.82, 2.24) is 0 Å². The number of Topliss-reactive ketones (excluding diaryl/α,β-unsaturated/α-hetero) is 1. The third-order valence-corrected chi connectivity index (χ3v) is 9.64. The van der Waals surface area contributed by atoms with E-state index in [1.165, 1.54) is 12.0 Å². The SMILES string of the molecule is [2H]C1([2H])C[C@H]([C@H](C)CCC(C)=O)[C@@]2(C)CC[C@H]3[C@@H](CC=C4C[C@@](C)(O)CC[C@@]43C)[C@H]12. The maximum atomic E-state index is 11.6. The lowest BCUT2D eigenvalue weighted by Crippen LogP contribution is -2.52. The molecule has 0 bridgehead atoms. The van der Waals surface area contributed by atoms with E-state index >= 15 is 0 Å². The van der Waals surface area contributed by atoms with E-state index in [-0.39, 0.29) is 22.5 Å². The molecule has 0 aromatic rings. The molecule has 0 spiro atoms. The molecule has 0 aromatic carbocycles. The molecule has 0 heterocycles. The van der Waals surface area contributed by atoms with Crippen molar-refractivity contribution in [2.45, 2.75) is 104 Å². The Labute approximate surface area is 175 Å². The van der Waals surface area contributed by atoms with Gasteiger partial charge in [-0.05, 0) is 112 Å². The molecule has 0 amide bonds. The number of hydrogen-bond acceptors (Lipinski definition) is 2. The highest BCUT2D eigenvalue weighted by Gasteiger charge is 2.59. The monoisotopic (exact) mass is 388 g/mol. The van der Waals surface area contributed by atoms with Gasteiger partial charge in [0.1, 0.15) is 5.78 Å². The average molecular weight is 389 g/mol. The summed E-state index contributed by atoms with van der Waals surface area (Å²) in [5.74, 6) is 2.05. The second kappa shape index (κ2) is 6.96. The number of aliphatic hydroxyl groups is 1. The summed E-state index contributed by atoms with van der Waals surface area (Å²) in [5.41, 5.74) is 1.01. The molecule has 0 aliphatic heterocycles. The van der Waals surface area contributed by atoms with Gasteiger partial charge in [-0.1, -0.05) is 32.4 Å². The number of rotatable bonds is 4. The number of hydrogen-bond donors (Lipinski definition) is 1. The summed E-state index contributed by atoms with van der Waals surface area (Å²) in [6, 6.07) is 0. The maximum absolute atomic E-state index is 11.6. The molecule has 1 N–H and O–H groups in total. The van der Waals surface area contributed by atoms with Crippen molar-refractivity contribution >= 4 is 5.78 Å². The summed E-state index contributed by atoms with van der Waals surface area (Å²) >= 11 is 0. The van der Waals surface area contributed by atoms with Crippen molar-refractivity contribution < 1.29 is 12.6 Å². The first kappa shape index (κ1) is 18.2. The van der Waals surface area contributed by atoms with E-state index in [4.69, 9.17) is 2.74 Å². The summed E-state index contributed by atoms with van der Waals surface area (Å²) in [7, 11) is 0. The Balaban J connectivity index is 1.64. The zero-order valence-corrected chi connectivity index (χ0v) is 18.7. The van der Waals surface area contributed by atoms with Gasteiger partial charge in [0, 0.05) is 9.16 Å². The van der Waals surface area contributed by atoms with Crippen molar-refractivity contribution in [2.24, 2.45) is 40.4 Å². The van der Waals surface area contributed by atoms with Crippen molar-refractivity contribution in [3.05, 3.63) is 11.6 Å². The Kier molecular flexibility index (Phi) is 4.52. The molecule has 28 heavy (non-hydrogen) atoms. The quantitative estimate of drug-likeness (QED) is 0.572. The van der Waals surface area contributed by atoms with Gasteiger partial charge >= 0.3 is 0 Å². The van der Waals surface area contributed by atoms with Crippen LogP contribution in [-0.2, 0) is 4.79 Å². The summed E-state index contributed by atoms with van der Waals surface area (Å²) in [6.07, 6.45) is 9.34. The Morgan fingerprint density at radius 2 is 2.00 bits per heavy atom. The van der Waals surface area contributed by atoms with Crippen LogP contribution in [0.3, 0.4) is 0 Å². The fraction of sp³-hybridized carbons (Fsp3) is 0.885. The minimum Gasteiger partial charge on any atom is -0.390 e. The van der Waals surface area contributed by atoms with E-state index in [1.54, 1.807) is 6.92 Å². The van der Waals surface area contributed by atoms with E-state index in [9.17, 15) is 9.90 Å². The maximum Gasteiger partial charge on any atom is 0.129 e. The molecule has 3 saturated carbocycles. The van der Waals surface area contributed by atoms with Crippen LogP contribution in [0, 0.1) is 40.4 Å². The molecule has 2 nitrogen and oxygen atoms in total. The van der Waals surface area contributed by atoms with Crippen molar-refractivity contribution in [3.63, 3.8) is 0 Å². The van der Waals surface area contributed by atoms with Crippen LogP contribution in [-0.4, -0.2) is 16.5 Å². The van der Waals surface area contributed by atoms with Gasteiger partial charge in [-0.3, -0.25) is 0 Å². The van der Waals surface area contributed by atoms with E-state index < -0.39 is 12.0 Å². The van der Waals surface area contributed by atoms with Gasteiger partial charge in [0.05, 0.1) is 5.60 Å². The molecular formula is C26H42O2. The number of allylic oxidation sites excluding steroid dienone is 1. The Morgan fingerprint density at radius 1 is 1.25 bits per heavy atom. The van der Waals surface area contributed by atoms with Crippen LogP contribution in [0.4, 0.5) is 0 Å². The highest BCUT2D eigenvalue weighted by atomic mass is 16.3. The van der Waals surface area contributed by atoms with Gasteiger partial charge in [0.25, 0.3) is 0 Å². The minimum atomic E-state index is -1.13. The van der Waals surface area contributed by atoms with E-state index in [0.29, 0.717) is 36.5 Å². The summed E-state index contributed by atoms with van der Waals surface area (Å²) in [6.45, 7) is 10.7. The van der Waals surface area contributed by atoms with Crippen molar-refractivity contribution in [1.29, 1.82) is 0 Å². The van der Waals surface area contributed by atoms with Crippen LogP contribution >= 0.6 is 0 Å². The zero-order chi connectivity index (χ0) is 22.1. The topological polar surface area (TPSA) is 37.3 Å². The van der Waals surface area contributed by atoms with Gasteiger partial charge < -0.3 is 9.90 Å². The zero-order valence-electron chi connectivity index (χ0n) is 20.7. The summed E-state index contributed by atoms with van der Waals surface area (Å²) < 4.78 is 18.2. The number of carbonyl (C=O) groups excluding carboxylic acids is 1. The van der Waals surface area contributed by atoms with Crippen LogP contribution in [0.5, 0.6) is 0 Å². The van der Waals surface area contributed by atoms with Crippen LogP contribution in [0.2, 0.25) is 0 Å². The molecule has 4 aliphatic rings. The molecule has 4 aliphatic carbocycles. The molecule has 0 radical (unpaired) electrons. The van der Waals surface area contributed by atoms with Crippen LogP contribution < -0.4 is 0 Å². The summed E-state index contributed by atoms with van der Waals surface area (Å²) in [4.78, 5) is 11.6. The molecular weight excluding hydrogens is 344 g/mol. The predicted molar refractivity (Wildman–Crippen MR) is 115 cm³/mol. The molecule has 0 aromatic heterocycles. The standard InChI is InChI=1S/C26H42O2/c1-17(6-7-18(2)27)21-10-11-22-20-9-8-19-16-24(3,28)14-15-25(19,4)23(20)12-13-26(21,22)5/h8,17,20-23,28H,6-7,9-16H2,1-5H3/t17-,20+,21-,22+,23+,24+,25+,26-/m1/s1/i11D2. The van der Waals surface area contributed by atoms with E-state index in [0.717, 1.165) is 38.5 Å². The van der Waals surface area contributed by atoms with Gasteiger partial charge in [0.15, 0.2) is 0 Å². The van der Waals surface area contributed by atoms with E-state index in [1.807, 2.05) is 6.92 Å². The van der Waals surface area contributed by atoms with Crippen LogP contribution in [0.15, 0.2) is 11.6 Å². The van der Waals surface area contributed by atoms with Crippen molar-refractivity contribution in [2.75, 3.05) is 0 Å². The molecule has 8 atom stereocenters. The average Bonchev–Trinajstić information content (AvgIpc) is 2.86. The molecule has 4 rings (SSSR count). The predicted octanol–water partition coefficient (Wildman–Crippen LogP) is 6.32. The lowest BCUT2D eigenvalue weighted by molar-refractivity contribution is -0.117. The molecule has 0 unspecified atom stereocenters. The Hall–Kier alpha value is -0.630. The number of fused-ring (bicyclic) bond motifs is 5. The third-order valence-electron chi connectivity index (χ3n) is 9.64. The normalized spacial score (nSPS) is 51.7. The lowest BCUT2D eigenvalue weighted by atomic mass is 9.46. The number of ketones is 1. The van der Waals surface area contributed by atoms with Gasteiger partial charge in [-0.25, -0.2) is 0 Å². The fourth-order valence-electron chi connectivity index (χ4n) is 7.82.